The van der Waals surface area contributed by atoms with Crippen LogP contribution in [0.15, 0.2) is 0 Å². The molecule has 0 aromatic heterocycles. The van der Waals surface area contributed by atoms with E-state index in [-0.39, 0.29) is 11.8 Å². The molecule has 102 valence electrons. The summed E-state index contributed by atoms with van der Waals surface area (Å²) in [5.74, 6) is 0.215. The molecule has 17 heavy (non-hydrogen) atoms. The summed E-state index contributed by atoms with van der Waals surface area (Å²) in [4.78, 5) is 2.00. The van der Waals surface area contributed by atoms with Crippen LogP contribution in [0.2, 0.25) is 0 Å². The van der Waals surface area contributed by atoms with Crippen LogP contribution in [0.4, 0.5) is 0 Å². The standard InChI is InChI=1S/C11H25N3O2S/c1-10(14(2)3)9-13-17(15,16)8-4-7-12-11-5-6-11/h10-13H,4-9H2,1-3H3. The molecule has 0 amide bonds. The molecule has 0 radical (unpaired) electrons. The fourth-order valence-electron chi connectivity index (χ4n) is 1.36. The highest BCUT2D eigenvalue weighted by atomic mass is 32.2. The minimum absolute atomic E-state index is 0.215. The topological polar surface area (TPSA) is 61.4 Å². The van der Waals surface area contributed by atoms with Gasteiger partial charge < -0.3 is 10.2 Å². The first kappa shape index (κ1) is 14.9. The third kappa shape index (κ3) is 6.98. The highest BCUT2D eigenvalue weighted by Gasteiger charge is 2.20. The van der Waals surface area contributed by atoms with Crippen molar-refractivity contribution in [2.24, 2.45) is 0 Å². The van der Waals surface area contributed by atoms with E-state index in [1.807, 2.05) is 25.9 Å². The molecule has 0 aromatic rings. The normalized spacial score (nSPS) is 18.6. The van der Waals surface area contributed by atoms with Crippen LogP contribution in [0.3, 0.4) is 0 Å². The van der Waals surface area contributed by atoms with E-state index in [2.05, 4.69) is 10.0 Å². The number of rotatable bonds is 9. The summed E-state index contributed by atoms with van der Waals surface area (Å²) in [5.41, 5.74) is 0. The van der Waals surface area contributed by atoms with E-state index in [1.165, 1.54) is 12.8 Å². The van der Waals surface area contributed by atoms with Gasteiger partial charge in [0.25, 0.3) is 0 Å². The van der Waals surface area contributed by atoms with E-state index in [0.717, 1.165) is 6.54 Å². The maximum absolute atomic E-state index is 11.7. The number of sulfonamides is 1. The maximum Gasteiger partial charge on any atom is 0.211 e. The average molecular weight is 263 g/mol. The molecule has 5 nitrogen and oxygen atoms in total. The van der Waals surface area contributed by atoms with Crippen LogP contribution in [0.25, 0.3) is 0 Å². The van der Waals surface area contributed by atoms with Crippen LogP contribution in [0, 0.1) is 0 Å². The van der Waals surface area contributed by atoms with Gasteiger partial charge in [-0.25, -0.2) is 13.1 Å². The molecule has 6 heteroatoms. The van der Waals surface area contributed by atoms with E-state index in [0.29, 0.717) is 19.0 Å². The van der Waals surface area contributed by atoms with Gasteiger partial charge in [0.2, 0.25) is 10.0 Å². The third-order valence-corrected chi connectivity index (χ3v) is 4.51. The predicted octanol–water partition coefficient (Wildman–Crippen LogP) is -0.00200. The van der Waals surface area contributed by atoms with Gasteiger partial charge in [-0.15, -0.1) is 0 Å². The van der Waals surface area contributed by atoms with Crippen LogP contribution in [-0.2, 0) is 10.0 Å². The molecular formula is C11H25N3O2S. The molecule has 0 aliphatic heterocycles. The lowest BCUT2D eigenvalue weighted by atomic mass is 10.3. The number of hydrogen-bond donors (Lipinski definition) is 2. The van der Waals surface area contributed by atoms with Crippen molar-refractivity contribution < 1.29 is 8.42 Å². The lowest BCUT2D eigenvalue weighted by molar-refractivity contribution is 0.314. The molecule has 0 aromatic carbocycles. The quantitative estimate of drug-likeness (QED) is 0.575. The van der Waals surface area contributed by atoms with Gasteiger partial charge in [0, 0.05) is 18.6 Å². The Morgan fingerprint density at radius 3 is 2.53 bits per heavy atom. The van der Waals surface area contributed by atoms with Crippen molar-refractivity contribution in [3.05, 3.63) is 0 Å². The van der Waals surface area contributed by atoms with Crippen LogP contribution < -0.4 is 10.0 Å². The smallest absolute Gasteiger partial charge is 0.211 e. The molecule has 2 N–H and O–H groups in total. The molecule has 1 aliphatic carbocycles. The van der Waals surface area contributed by atoms with Crippen molar-refractivity contribution in [3.8, 4) is 0 Å². The van der Waals surface area contributed by atoms with Gasteiger partial charge >= 0.3 is 0 Å². The molecular weight excluding hydrogens is 238 g/mol. The van der Waals surface area contributed by atoms with E-state index in [4.69, 9.17) is 0 Å². The van der Waals surface area contributed by atoms with Gasteiger partial charge in [-0.3, -0.25) is 0 Å². The Morgan fingerprint density at radius 1 is 1.35 bits per heavy atom. The lowest BCUT2D eigenvalue weighted by Gasteiger charge is -2.19. The molecule has 1 atom stereocenters. The van der Waals surface area contributed by atoms with Gasteiger partial charge in [-0.05, 0) is 46.8 Å². The van der Waals surface area contributed by atoms with E-state index < -0.39 is 10.0 Å². The second-order valence-electron chi connectivity index (χ2n) is 5.06. The van der Waals surface area contributed by atoms with Gasteiger partial charge in [0.15, 0.2) is 0 Å². The first-order valence-electron chi connectivity index (χ1n) is 6.28. The summed E-state index contributed by atoms with van der Waals surface area (Å²) >= 11 is 0. The second kappa shape index (κ2) is 6.68. The Balaban J connectivity index is 2.11. The van der Waals surface area contributed by atoms with Gasteiger partial charge in [-0.1, -0.05) is 0 Å². The Morgan fingerprint density at radius 2 is 2.00 bits per heavy atom. The minimum Gasteiger partial charge on any atom is -0.314 e. The molecule has 1 unspecified atom stereocenters. The zero-order valence-electron chi connectivity index (χ0n) is 11.1. The molecule has 0 bridgehead atoms. The molecule has 0 spiro atoms. The summed E-state index contributed by atoms with van der Waals surface area (Å²) in [6.07, 6.45) is 3.17. The number of nitrogens with one attached hydrogen (secondary N) is 2. The Kier molecular flexibility index (Phi) is 5.85. The van der Waals surface area contributed by atoms with Crippen molar-refractivity contribution in [2.75, 3.05) is 32.9 Å². The number of hydrogen-bond acceptors (Lipinski definition) is 4. The van der Waals surface area contributed by atoms with Crippen molar-refractivity contribution >= 4 is 10.0 Å². The first-order chi connectivity index (χ1) is 7.91. The largest absolute Gasteiger partial charge is 0.314 e. The van der Waals surface area contributed by atoms with Crippen LogP contribution >= 0.6 is 0 Å². The van der Waals surface area contributed by atoms with Crippen molar-refractivity contribution in [1.29, 1.82) is 0 Å². The minimum atomic E-state index is -3.10. The number of likely N-dealkylation sites (N-methyl/N-ethyl adjacent to an activating group) is 1. The fraction of sp³-hybridized carbons (Fsp3) is 1.00. The highest BCUT2D eigenvalue weighted by Crippen LogP contribution is 2.18. The molecule has 0 heterocycles. The Bertz CT molecular complexity index is 313. The van der Waals surface area contributed by atoms with E-state index >= 15 is 0 Å². The zero-order chi connectivity index (χ0) is 12.9. The monoisotopic (exact) mass is 263 g/mol. The molecule has 1 aliphatic rings. The molecule has 1 saturated carbocycles. The lowest BCUT2D eigenvalue weighted by Crippen LogP contribution is -2.39. The SMILES string of the molecule is CC(CNS(=O)(=O)CCCNC1CC1)N(C)C. The third-order valence-electron chi connectivity index (χ3n) is 3.08. The molecule has 0 saturated heterocycles. The van der Waals surface area contributed by atoms with Gasteiger partial charge in [0.05, 0.1) is 5.75 Å². The second-order valence-corrected chi connectivity index (χ2v) is 6.99. The summed E-state index contributed by atoms with van der Waals surface area (Å²) in [5, 5.41) is 3.31. The maximum atomic E-state index is 11.7. The number of nitrogens with zero attached hydrogens (tertiary/aromatic N) is 1. The zero-order valence-corrected chi connectivity index (χ0v) is 11.9. The predicted molar refractivity (Wildman–Crippen MR) is 70.6 cm³/mol. The molecule has 1 rings (SSSR count). The highest BCUT2D eigenvalue weighted by molar-refractivity contribution is 7.89. The van der Waals surface area contributed by atoms with Crippen LogP contribution in [0.5, 0.6) is 0 Å². The van der Waals surface area contributed by atoms with E-state index in [9.17, 15) is 8.42 Å². The van der Waals surface area contributed by atoms with Crippen molar-refractivity contribution in [3.63, 3.8) is 0 Å². The van der Waals surface area contributed by atoms with Gasteiger partial charge in [-0.2, -0.15) is 0 Å². The Hall–Kier alpha value is -0.170. The summed E-state index contributed by atoms with van der Waals surface area (Å²) in [6.45, 7) is 3.28. The summed E-state index contributed by atoms with van der Waals surface area (Å²) in [6, 6.07) is 0.869. The summed E-state index contributed by atoms with van der Waals surface area (Å²) in [7, 11) is 0.782. The van der Waals surface area contributed by atoms with Crippen molar-refractivity contribution in [1.82, 2.24) is 14.9 Å². The molecule has 1 fully saturated rings. The van der Waals surface area contributed by atoms with Crippen LogP contribution in [-0.4, -0.2) is 58.3 Å². The average Bonchev–Trinajstić information content (AvgIpc) is 3.05. The fourth-order valence-corrected chi connectivity index (χ4v) is 2.52. The van der Waals surface area contributed by atoms with Crippen molar-refractivity contribution in [2.45, 2.75) is 38.3 Å². The first-order valence-corrected chi connectivity index (χ1v) is 7.93. The van der Waals surface area contributed by atoms with Gasteiger partial charge in [0.1, 0.15) is 0 Å². The Labute approximate surface area is 105 Å². The van der Waals surface area contributed by atoms with E-state index in [1.54, 1.807) is 0 Å². The summed E-state index contributed by atoms with van der Waals surface area (Å²) < 4.78 is 26.0. The van der Waals surface area contributed by atoms with Crippen LogP contribution in [0.1, 0.15) is 26.2 Å².